The Morgan fingerprint density at radius 2 is 1.82 bits per heavy atom. The highest BCUT2D eigenvalue weighted by atomic mass is 32.2. The first-order valence-corrected chi connectivity index (χ1v) is 9.05. The van der Waals surface area contributed by atoms with Gasteiger partial charge in [0.25, 0.3) is 0 Å². The molecule has 0 aromatic heterocycles. The van der Waals surface area contributed by atoms with Gasteiger partial charge in [-0.3, -0.25) is 4.79 Å². The number of rotatable bonds is 4. The second-order valence-electron chi connectivity index (χ2n) is 6.15. The number of allylic oxidation sites excluding steroid dienone is 1. The highest BCUT2D eigenvalue weighted by Crippen LogP contribution is 2.34. The molecular formula is C20H16F3N3OS. The SMILES string of the molecule is CN(C)c1ccc(C=C2SC(=Nc3cccc(C(F)(F)F)c3)N=C2C=O)cc1. The molecule has 2 aromatic carbocycles. The minimum atomic E-state index is -4.44. The summed E-state index contributed by atoms with van der Waals surface area (Å²) >= 11 is 1.14. The van der Waals surface area contributed by atoms with Gasteiger partial charge in [-0.15, -0.1) is 0 Å². The van der Waals surface area contributed by atoms with Crippen molar-refractivity contribution in [2.24, 2.45) is 9.98 Å². The number of hydrogen-bond acceptors (Lipinski definition) is 4. The molecule has 0 radical (unpaired) electrons. The van der Waals surface area contributed by atoms with Crippen LogP contribution >= 0.6 is 11.8 Å². The third-order valence-electron chi connectivity index (χ3n) is 3.89. The molecule has 1 aliphatic rings. The Morgan fingerprint density at radius 3 is 2.43 bits per heavy atom. The fourth-order valence-corrected chi connectivity index (χ4v) is 3.33. The van der Waals surface area contributed by atoms with E-state index < -0.39 is 11.7 Å². The molecule has 1 heterocycles. The number of carbonyl (C=O) groups is 1. The minimum absolute atomic E-state index is 0.128. The van der Waals surface area contributed by atoms with Gasteiger partial charge in [0.15, 0.2) is 11.5 Å². The van der Waals surface area contributed by atoms with Gasteiger partial charge < -0.3 is 4.90 Å². The van der Waals surface area contributed by atoms with Crippen LogP contribution in [0.2, 0.25) is 0 Å². The number of hydrogen-bond donors (Lipinski definition) is 0. The van der Waals surface area contributed by atoms with E-state index in [9.17, 15) is 18.0 Å². The first-order valence-electron chi connectivity index (χ1n) is 8.23. The Bertz CT molecular complexity index is 977. The molecule has 2 aromatic rings. The summed E-state index contributed by atoms with van der Waals surface area (Å²) in [5, 5.41) is 0.220. The van der Waals surface area contributed by atoms with Crippen LogP contribution in [0.3, 0.4) is 0 Å². The molecule has 1 aliphatic heterocycles. The van der Waals surface area contributed by atoms with Crippen molar-refractivity contribution in [2.75, 3.05) is 19.0 Å². The van der Waals surface area contributed by atoms with Crippen LogP contribution in [0, 0.1) is 0 Å². The molecule has 0 aliphatic carbocycles. The predicted octanol–water partition coefficient (Wildman–Crippen LogP) is 5.19. The van der Waals surface area contributed by atoms with Gasteiger partial charge in [0.1, 0.15) is 5.71 Å². The third-order valence-corrected chi connectivity index (χ3v) is 4.80. The van der Waals surface area contributed by atoms with E-state index in [1.165, 1.54) is 12.1 Å². The van der Waals surface area contributed by atoms with Gasteiger partial charge in [-0.2, -0.15) is 13.2 Å². The Hall–Kier alpha value is -2.87. The van der Waals surface area contributed by atoms with E-state index in [0.717, 1.165) is 35.1 Å². The zero-order valence-electron chi connectivity index (χ0n) is 15.1. The molecule has 0 atom stereocenters. The van der Waals surface area contributed by atoms with Crippen LogP contribution in [0.5, 0.6) is 0 Å². The molecule has 144 valence electrons. The molecule has 0 spiro atoms. The number of amidine groups is 1. The van der Waals surface area contributed by atoms with Gasteiger partial charge in [-0.25, -0.2) is 9.98 Å². The van der Waals surface area contributed by atoms with Gasteiger partial charge in [-0.1, -0.05) is 18.2 Å². The number of alkyl halides is 3. The van der Waals surface area contributed by atoms with Crippen LogP contribution in [-0.2, 0) is 11.0 Å². The van der Waals surface area contributed by atoms with Crippen molar-refractivity contribution < 1.29 is 18.0 Å². The number of nitrogens with zero attached hydrogens (tertiary/aromatic N) is 3. The fourth-order valence-electron chi connectivity index (χ4n) is 2.45. The van der Waals surface area contributed by atoms with Crippen molar-refractivity contribution in [3.05, 3.63) is 64.6 Å². The fraction of sp³-hybridized carbons (Fsp3) is 0.150. The maximum atomic E-state index is 12.8. The molecule has 0 fully saturated rings. The van der Waals surface area contributed by atoms with Crippen molar-refractivity contribution in [2.45, 2.75) is 6.18 Å². The highest BCUT2D eigenvalue weighted by molar-refractivity contribution is 8.18. The van der Waals surface area contributed by atoms with Crippen molar-refractivity contribution in [1.82, 2.24) is 0 Å². The maximum Gasteiger partial charge on any atom is 0.416 e. The van der Waals surface area contributed by atoms with Gasteiger partial charge >= 0.3 is 6.18 Å². The summed E-state index contributed by atoms with van der Waals surface area (Å²) in [7, 11) is 3.88. The van der Waals surface area contributed by atoms with Crippen LogP contribution in [0.25, 0.3) is 6.08 Å². The van der Waals surface area contributed by atoms with Crippen LogP contribution < -0.4 is 4.90 Å². The van der Waals surface area contributed by atoms with Gasteiger partial charge in [0.2, 0.25) is 0 Å². The Labute approximate surface area is 164 Å². The molecule has 4 nitrogen and oxygen atoms in total. The number of halogens is 3. The quantitative estimate of drug-likeness (QED) is 0.660. The Balaban J connectivity index is 1.86. The number of aliphatic imine (C=N–C) groups is 2. The number of thioether (sulfide) groups is 1. The Morgan fingerprint density at radius 1 is 1.11 bits per heavy atom. The average Bonchev–Trinajstić information content (AvgIpc) is 3.03. The van der Waals surface area contributed by atoms with Crippen molar-refractivity contribution in [3.8, 4) is 0 Å². The Kier molecular flexibility index (Phi) is 5.69. The monoisotopic (exact) mass is 403 g/mol. The topological polar surface area (TPSA) is 45.0 Å². The molecule has 28 heavy (non-hydrogen) atoms. The molecular weight excluding hydrogens is 387 g/mol. The standard InChI is InChI=1S/C20H16F3N3OS/c1-26(2)16-8-6-13(7-9-16)10-18-17(12-27)25-19(28-18)24-15-5-3-4-14(11-15)20(21,22)23/h3-12H,1-2H3. The minimum Gasteiger partial charge on any atom is -0.378 e. The molecule has 0 bridgehead atoms. The number of benzene rings is 2. The lowest BCUT2D eigenvalue weighted by atomic mass is 10.1. The second kappa shape index (κ2) is 8.02. The summed E-state index contributed by atoms with van der Waals surface area (Å²) in [6, 6.07) is 12.4. The molecule has 0 unspecified atom stereocenters. The lowest BCUT2D eigenvalue weighted by molar-refractivity contribution is -0.137. The summed E-state index contributed by atoms with van der Waals surface area (Å²) in [4.78, 5) is 22.2. The molecule has 0 saturated carbocycles. The van der Waals surface area contributed by atoms with E-state index in [0.29, 0.717) is 11.2 Å². The van der Waals surface area contributed by atoms with Gasteiger partial charge in [0, 0.05) is 24.7 Å². The summed E-state index contributed by atoms with van der Waals surface area (Å²) < 4.78 is 38.5. The van der Waals surface area contributed by atoms with E-state index in [-0.39, 0.29) is 16.6 Å². The van der Waals surface area contributed by atoms with E-state index in [4.69, 9.17) is 0 Å². The van der Waals surface area contributed by atoms with Crippen molar-refractivity contribution in [3.63, 3.8) is 0 Å². The summed E-state index contributed by atoms with van der Waals surface area (Å²) in [5.41, 5.74) is 1.46. The van der Waals surface area contributed by atoms with Crippen LogP contribution in [-0.4, -0.2) is 31.3 Å². The summed E-state index contributed by atoms with van der Waals surface area (Å²) in [5.74, 6) is 0. The smallest absolute Gasteiger partial charge is 0.378 e. The van der Waals surface area contributed by atoms with Gasteiger partial charge in [0.05, 0.1) is 11.3 Å². The third kappa shape index (κ3) is 4.69. The number of aldehydes is 1. The van der Waals surface area contributed by atoms with Crippen LogP contribution in [0.15, 0.2) is 63.4 Å². The first kappa shape index (κ1) is 19.9. The average molecular weight is 403 g/mol. The zero-order chi connectivity index (χ0) is 20.3. The lowest BCUT2D eigenvalue weighted by Crippen LogP contribution is -2.07. The lowest BCUT2D eigenvalue weighted by Gasteiger charge is -2.11. The van der Waals surface area contributed by atoms with E-state index in [1.54, 1.807) is 6.08 Å². The van der Waals surface area contributed by atoms with Crippen LogP contribution in [0.1, 0.15) is 11.1 Å². The van der Waals surface area contributed by atoms with Crippen molar-refractivity contribution >= 4 is 46.4 Å². The number of carbonyl (C=O) groups excluding carboxylic acids is 1. The summed E-state index contributed by atoms with van der Waals surface area (Å²) in [6.07, 6.45) is -2.03. The normalized spacial score (nSPS) is 17.1. The summed E-state index contributed by atoms with van der Waals surface area (Å²) in [6.45, 7) is 0. The van der Waals surface area contributed by atoms with E-state index >= 15 is 0 Å². The molecule has 3 rings (SSSR count). The molecule has 0 saturated heterocycles. The first-order chi connectivity index (χ1) is 13.3. The predicted molar refractivity (Wildman–Crippen MR) is 108 cm³/mol. The maximum absolute atomic E-state index is 12.8. The number of anilines is 1. The molecule has 0 N–H and O–H groups in total. The molecule has 0 amide bonds. The van der Waals surface area contributed by atoms with Crippen LogP contribution in [0.4, 0.5) is 24.5 Å². The molecule has 8 heteroatoms. The zero-order valence-corrected chi connectivity index (χ0v) is 15.9. The second-order valence-corrected chi connectivity index (χ2v) is 7.16. The van der Waals surface area contributed by atoms with E-state index in [2.05, 4.69) is 9.98 Å². The van der Waals surface area contributed by atoms with Crippen molar-refractivity contribution in [1.29, 1.82) is 0 Å². The highest BCUT2D eigenvalue weighted by Gasteiger charge is 2.30. The van der Waals surface area contributed by atoms with E-state index in [1.807, 2.05) is 43.3 Å². The van der Waals surface area contributed by atoms with Gasteiger partial charge in [-0.05, 0) is 53.7 Å². The largest absolute Gasteiger partial charge is 0.416 e.